The van der Waals surface area contributed by atoms with E-state index in [1.807, 2.05) is 43.5 Å². The highest BCUT2D eigenvalue weighted by atomic mass is 35.5. The van der Waals surface area contributed by atoms with E-state index in [1.54, 1.807) is 35.6 Å². The number of hydrogen-bond donors (Lipinski definition) is 1. The van der Waals surface area contributed by atoms with Gasteiger partial charge in [-0.3, -0.25) is 4.79 Å². The second-order valence-corrected chi connectivity index (χ2v) is 7.42. The molecule has 0 spiro atoms. The van der Waals surface area contributed by atoms with Gasteiger partial charge < -0.3 is 10.1 Å². The van der Waals surface area contributed by atoms with Crippen LogP contribution in [0.4, 0.5) is 0 Å². The monoisotopic (exact) mass is 386 g/mol. The highest BCUT2D eigenvalue weighted by Gasteiger charge is 2.12. The zero-order chi connectivity index (χ0) is 18.5. The quantitative estimate of drug-likeness (QED) is 0.635. The van der Waals surface area contributed by atoms with E-state index < -0.39 is 0 Å². The lowest BCUT2D eigenvalue weighted by Gasteiger charge is -2.15. The number of ether oxygens (including phenoxy) is 1. The van der Waals surface area contributed by atoms with Gasteiger partial charge in [0.2, 0.25) is 0 Å². The highest BCUT2D eigenvalue weighted by Crippen LogP contribution is 2.19. The van der Waals surface area contributed by atoms with Crippen molar-refractivity contribution in [2.45, 2.75) is 26.5 Å². The van der Waals surface area contributed by atoms with Crippen LogP contribution < -0.4 is 10.1 Å². The summed E-state index contributed by atoms with van der Waals surface area (Å²) in [5.41, 5.74) is 2.45. The molecule has 134 valence electrons. The highest BCUT2D eigenvalue weighted by molar-refractivity contribution is 7.09. The Balaban J connectivity index is 1.58. The number of carbonyl (C=O) groups excluding carboxylic acids is 1. The predicted molar refractivity (Wildman–Crippen MR) is 105 cm³/mol. The van der Waals surface area contributed by atoms with Crippen molar-refractivity contribution in [2.75, 3.05) is 0 Å². The molecule has 1 atom stereocenters. The van der Waals surface area contributed by atoms with Gasteiger partial charge in [0.15, 0.2) is 0 Å². The minimum atomic E-state index is -0.140. The van der Waals surface area contributed by atoms with Crippen LogP contribution in [0, 0.1) is 6.92 Å². The molecule has 0 saturated heterocycles. The molecule has 6 heteroatoms. The van der Waals surface area contributed by atoms with Gasteiger partial charge in [-0.25, -0.2) is 4.98 Å². The molecule has 0 radical (unpaired) electrons. The third-order valence-electron chi connectivity index (χ3n) is 3.87. The van der Waals surface area contributed by atoms with Crippen LogP contribution in [0.15, 0.2) is 53.9 Å². The van der Waals surface area contributed by atoms with E-state index in [0.717, 1.165) is 16.3 Å². The Bertz CT molecular complexity index is 893. The van der Waals surface area contributed by atoms with E-state index in [9.17, 15) is 4.79 Å². The lowest BCUT2D eigenvalue weighted by atomic mass is 10.1. The summed E-state index contributed by atoms with van der Waals surface area (Å²) in [6.45, 7) is 4.31. The molecule has 0 aliphatic rings. The van der Waals surface area contributed by atoms with Crippen LogP contribution in [-0.4, -0.2) is 10.9 Å². The van der Waals surface area contributed by atoms with Gasteiger partial charge in [0.1, 0.15) is 12.4 Å². The van der Waals surface area contributed by atoms with Crippen LogP contribution in [0.25, 0.3) is 0 Å². The largest absolute Gasteiger partial charge is 0.487 e. The van der Waals surface area contributed by atoms with Crippen molar-refractivity contribution in [1.29, 1.82) is 0 Å². The minimum Gasteiger partial charge on any atom is -0.487 e. The summed E-state index contributed by atoms with van der Waals surface area (Å²) in [4.78, 5) is 16.8. The molecule has 26 heavy (non-hydrogen) atoms. The number of nitrogens with zero attached hydrogens (tertiary/aromatic N) is 1. The summed E-state index contributed by atoms with van der Waals surface area (Å²) in [5, 5.41) is 6.62. The SMILES string of the molecule is Cc1nc(COc2ccc(C(=O)NC(C)c3cccc(Cl)c3)cc2)cs1. The molecule has 1 aromatic heterocycles. The number of halogens is 1. The van der Waals surface area contributed by atoms with Crippen molar-refractivity contribution < 1.29 is 9.53 Å². The van der Waals surface area contributed by atoms with Crippen LogP contribution in [0.3, 0.4) is 0 Å². The van der Waals surface area contributed by atoms with E-state index in [0.29, 0.717) is 22.9 Å². The van der Waals surface area contributed by atoms with Crippen LogP contribution in [0.5, 0.6) is 5.75 Å². The second-order valence-electron chi connectivity index (χ2n) is 5.92. The standard InChI is InChI=1S/C20H19ClN2O2S/c1-13(16-4-3-5-17(21)10-16)22-20(24)15-6-8-19(9-7-15)25-11-18-12-26-14(2)23-18/h3-10,12-13H,11H2,1-2H3,(H,22,24). The molecule has 1 amide bonds. The van der Waals surface area contributed by atoms with Gasteiger partial charge in [-0.15, -0.1) is 11.3 Å². The van der Waals surface area contributed by atoms with E-state index in [-0.39, 0.29) is 11.9 Å². The first-order chi connectivity index (χ1) is 12.5. The number of hydrogen-bond acceptors (Lipinski definition) is 4. The number of rotatable bonds is 6. The Morgan fingerprint density at radius 1 is 1.27 bits per heavy atom. The summed E-state index contributed by atoms with van der Waals surface area (Å²) in [5.74, 6) is 0.564. The van der Waals surface area contributed by atoms with Crippen LogP contribution in [0.2, 0.25) is 5.02 Å². The Hall–Kier alpha value is -2.37. The number of thiazole rings is 1. The summed E-state index contributed by atoms with van der Waals surface area (Å²) in [6, 6.07) is 14.4. The van der Waals surface area contributed by atoms with Gasteiger partial charge in [-0.05, 0) is 55.8 Å². The molecule has 3 aromatic rings. The fraction of sp³-hybridized carbons (Fsp3) is 0.200. The van der Waals surface area contributed by atoms with Gasteiger partial charge in [-0.1, -0.05) is 23.7 Å². The van der Waals surface area contributed by atoms with Crippen molar-refractivity contribution in [3.63, 3.8) is 0 Å². The number of benzene rings is 2. The molecular formula is C20H19ClN2O2S. The van der Waals surface area contributed by atoms with Gasteiger partial charge in [0.05, 0.1) is 16.7 Å². The van der Waals surface area contributed by atoms with Gasteiger partial charge >= 0.3 is 0 Å². The molecule has 0 fully saturated rings. The van der Waals surface area contributed by atoms with Crippen LogP contribution >= 0.6 is 22.9 Å². The number of aromatic nitrogens is 1. The normalized spacial score (nSPS) is 11.8. The Kier molecular flexibility index (Phi) is 5.91. The first-order valence-corrected chi connectivity index (χ1v) is 9.47. The predicted octanol–water partition coefficient (Wildman–Crippen LogP) is 5.17. The van der Waals surface area contributed by atoms with E-state index >= 15 is 0 Å². The fourth-order valence-corrected chi connectivity index (χ4v) is 3.27. The molecule has 1 N–H and O–H groups in total. The summed E-state index contributed by atoms with van der Waals surface area (Å²) in [6.07, 6.45) is 0. The van der Waals surface area contributed by atoms with Crippen LogP contribution in [0.1, 0.15) is 39.6 Å². The van der Waals surface area contributed by atoms with Crippen molar-refractivity contribution in [3.05, 3.63) is 80.8 Å². The summed E-state index contributed by atoms with van der Waals surface area (Å²) >= 11 is 7.60. The average Bonchev–Trinajstić information content (AvgIpc) is 3.05. The van der Waals surface area contributed by atoms with E-state index in [2.05, 4.69) is 10.3 Å². The third-order valence-corrected chi connectivity index (χ3v) is 4.92. The molecular weight excluding hydrogens is 368 g/mol. The first kappa shape index (κ1) is 18.4. The summed E-state index contributed by atoms with van der Waals surface area (Å²) in [7, 11) is 0. The molecule has 3 rings (SSSR count). The fourth-order valence-electron chi connectivity index (χ4n) is 2.47. The Labute approximate surface area is 161 Å². The van der Waals surface area contributed by atoms with Crippen molar-refractivity contribution in [1.82, 2.24) is 10.3 Å². The maximum Gasteiger partial charge on any atom is 0.251 e. The van der Waals surface area contributed by atoms with Crippen molar-refractivity contribution >= 4 is 28.8 Å². The van der Waals surface area contributed by atoms with Crippen molar-refractivity contribution in [2.24, 2.45) is 0 Å². The number of aryl methyl sites for hydroxylation is 1. The molecule has 2 aromatic carbocycles. The number of nitrogens with one attached hydrogen (secondary N) is 1. The van der Waals surface area contributed by atoms with Gasteiger partial charge in [0, 0.05) is 16.0 Å². The lowest BCUT2D eigenvalue weighted by Crippen LogP contribution is -2.26. The topological polar surface area (TPSA) is 51.2 Å². The number of amides is 1. The maximum absolute atomic E-state index is 12.4. The second kappa shape index (κ2) is 8.34. The van der Waals surface area contributed by atoms with E-state index in [4.69, 9.17) is 16.3 Å². The average molecular weight is 387 g/mol. The smallest absolute Gasteiger partial charge is 0.251 e. The van der Waals surface area contributed by atoms with Crippen molar-refractivity contribution in [3.8, 4) is 5.75 Å². The molecule has 0 aliphatic carbocycles. The molecule has 4 nitrogen and oxygen atoms in total. The molecule has 0 bridgehead atoms. The lowest BCUT2D eigenvalue weighted by molar-refractivity contribution is 0.0940. The maximum atomic E-state index is 12.4. The van der Waals surface area contributed by atoms with Gasteiger partial charge in [0.25, 0.3) is 5.91 Å². The Morgan fingerprint density at radius 2 is 2.04 bits per heavy atom. The molecule has 1 unspecified atom stereocenters. The van der Waals surface area contributed by atoms with Crippen LogP contribution in [-0.2, 0) is 6.61 Å². The first-order valence-electron chi connectivity index (χ1n) is 8.21. The number of carbonyl (C=O) groups is 1. The zero-order valence-electron chi connectivity index (χ0n) is 14.5. The molecule has 0 aliphatic heterocycles. The molecule has 0 saturated carbocycles. The van der Waals surface area contributed by atoms with E-state index in [1.165, 1.54) is 0 Å². The summed E-state index contributed by atoms with van der Waals surface area (Å²) < 4.78 is 5.70. The third kappa shape index (κ3) is 4.84. The van der Waals surface area contributed by atoms with Gasteiger partial charge in [-0.2, -0.15) is 0 Å². The minimum absolute atomic E-state index is 0.134. The Morgan fingerprint density at radius 3 is 2.69 bits per heavy atom. The molecule has 1 heterocycles. The zero-order valence-corrected chi connectivity index (χ0v) is 16.1.